The average molecular weight is 374 g/mol. The number of anilines is 3. The van der Waals surface area contributed by atoms with E-state index in [1.807, 2.05) is 62.3 Å². The number of nitrogens with one attached hydrogen (secondary N) is 1. The van der Waals surface area contributed by atoms with Crippen LogP contribution in [0, 0.1) is 6.92 Å². The highest BCUT2D eigenvalue weighted by atomic mass is 16.4. The largest absolute Gasteiger partial charge is 0.478 e. The molecule has 0 fully saturated rings. The van der Waals surface area contributed by atoms with Crippen molar-refractivity contribution in [2.24, 2.45) is 0 Å². The molecule has 0 bridgehead atoms. The van der Waals surface area contributed by atoms with Crippen LogP contribution in [-0.2, 0) is 0 Å². The van der Waals surface area contributed by atoms with E-state index in [9.17, 15) is 14.7 Å². The number of carboxylic acids is 1. The van der Waals surface area contributed by atoms with Crippen LogP contribution in [0.25, 0.3) is 0 Å². The molecule has 3 aromatic carbocycles. The van der Waals surface area contributed by atoms with Gasteiger partial charge < -0.3 is 15.3 Å². The Morgan fingerprint density at radius 2 is 1.50 bits per heavy atom. The molecular weight excluding hydrogens is 352 g/mol. The minimum atomic E-state index is -1.12. The molecule has 0 atom stereocenters. The van der Waals surface area contributed by atoms with Crippen LogP contribution in [0.4, 0.5) is 17.1 Å². The minimum Gasteiger partial charge on any atom is -0.478 e. The molecule has 0 aliphatic heterocycles. The van der Waals surface area contributed by atoms with Crippen molar-refractivity contribution < 1.29 is 14.7 Å². The molecule has 0 unspecified atom stereocenters. The highest BCUT2D eigenvalue weighted by molar-refractivity contribution is 6.17. The van der Waals surface area contributed by atoms with Gasteiger partial charge in [-0.1, -0.05) is 35.9 Å². The molecule has 0 aromatic heterocycles. The van der Waals surface area contributed by atoms with E-state index < -0.39 is 5.97 Å². The third-order valence-electron chi connectivity index (χ3n) is 4.50. The quantitative estimate of drug-likeness (QED) is 0.610. The van der Waals surface area contributed by atoms with Gasteiger partial charge in [0.1, 0.15) is 0 Å². The van der Waals surface area contributed by atoms with E-state index in [1.54, 1.807) is 24.3 Å². The monoisotopic (exact) mass is 374 g/mol. The van der Waals surface area contributed by atoms with Crippen LogP contribution in [0.15, 0.2) is 66.7 Å². The van der Waals surface area contributed by atoms with Gasteiger partial charge in [-0.2, -0.15) is 0 Å². The van der Waals surface area contributed by atoms with Crippen molar-refractivity contribution in [2.45, 2.75) is 6.92 Å². The van der Waals surface area contributed by atoms with Gasteiger partial charge in [-0.05, 0) is 43.3 Å². The number of aromatic carboxylic acids is 1. The number of benzene rings is 3. The number of nitrogens with zero attached hydrogens (tertiary/aromatic N) is 1. The molecule has 0 radical (unpaired) electrons. The first kappa shape index (κ1) is 19.2. The average Bonchev–Trinajstić information content (AvgIpc) is 2.69. The topological polar surface area (TPSA) is 69.6 Å². The van der Waals surface area contributed by atoms with Crippen LogP contribution in [0.5, 0.6) is 0 Å². The van der Waals surface area contributed by atoms with Crippen molar-refractivity contribution in [3.63, 3.8) is 0 Å². The van der Waals surface area contributed by atoms with E-state index >= 15 is 0 Å². The molecule has 3 rings (SSSR count). The second-order valence-corrected chi connectivity index (χ2v) is 6.80. The second-order valence-electron chi connectivity index (χ2n) is 6.80. The molecular formula is C23H22N2O3. The van der Waals surface area contributed by atoms with Crippen LogP contribution in [0.2, 0.25) is 0 Å². The lowest BCUT2D eigenvalue weighted by Crippen LogP contribution is -2.14. The summed E-state index contributed by atoms with van der Waals surface area (Å²) in [6, 6.07) is 19.6. The molecule has 0 amide bonds. The molecule has 2 N–H and O–H groups in total. The summed E-state index contributed by atoms with van der Waals surface area (Å²) in [6.45, 7) is 2.01. The number of carbonyl (C=O) groups is 2. The van der Waals surface area contributed by atoms with E-state index in [0.29, 0.717) is 11.3 Å². The maximum atomic E-state index is 13.3. The molecule has 28 heavy (non-hydrogen) atoms. The molecule has 5 heteroatoms. The van der Waals surface area contributed by atoms with Crippen molar-refractivity contribution >= 4 is 28.8 Å². The summed E-state index contributed by atoms with van der Waals surface area (Å²) in [6.07, 6.45) is 0. The predicted molar refractivity (Wildman–Crippen MR) is 112 cm³/mol. The lowest BCUT2D eigenvalue weighted by atomic mass is 9.96. The van der Waals surface area contributed by atoms with Gasteiger partial charge in [0.25, 0.3) is 0 Å². The Kier molecular flexibility index (Phi) is 5.45. The lowest BCUT2D eigenvalue weighted by molar-refractivity contribution is 0.0693. The fourth-order valence-electron chi connectivity index (χ4n) is 2.91. The first-order chi connectivity index (χ1) is 13.4. The minimum absolute atomic E-state index is 0.0101. The van der Waals surface area contributed by atoms with Gasteiger partial charge in [0.2, 0.25) is 0 Å². The van der Waals surface area contributed by atoms with E-state index in [0.717, 1.165) is 16.9 Å². The van der Waals surface area contributed by atoms with Crippen molar-refractivity contribution in [2.75, 3.05) is 24.3 Å². The summed E-state index contributed by atoms with van der Waals surface area (Å²) < 4.78 is 0. The summed E-state index contributed by atoms with van der Waals surface area (Å²) >= 11 is 0. The van der Waals surface area contributed by atoms with Crippen LogP contribution in [-0.4, -0.2) is 31.0 Å². The smallest absolute Gasteiger partial charge is 0.336 e. The van der Waals surface area contributed by atoms with Crippen molar-refractivity contribution in [1.82, 2.24) is 0 Å². The molecule has 0 aliphatic rings. The normalized spacial score (nSPS) is 10.4. The fourth-order valence-corrected chi connectivity index (χ4v) is 2.91. The third-order valence-corrected chi connectivity index (χ3v) is 4.50. The summed E-state index contributed by atoms with van der Waals surface area (Å²) in [5.74, 6) is -1.46. The molecule has 3 aromatic rings. The van der Waals surface area contributed by atoms with Crippen LogP contribution >= 0.6 is 0 Å². The van der Waals surface area contributed by atoms with Crippen molar-refractivity contribution in [3.8, 4) is 0 Å². The Morgan fingerprint density at radius 3 is 2.11 bits per heavy atom. The molecule has 0 spiro atoms. The number of carboxylic acid groups (broad SMARTS) is 1. The van der Waals surface area contributed by atoms with Crippen molar-refractivity contribution in [3.05, 3.63) is 89.0 Å². The number of carbonyl (C=O) groups excluding carboxylic acids is 1. The molecule has 5 nitrogen and oxygen atoms in total. The van der Waals surface area contributed by atoms with E-state index in [2.05, 4.69) is 5.32 Å². The summed E-state index contributed by atoms with van der Waals surface area (Å²) in [5.41, 5.74) is 4.04. The SMILES string of the molecule is Cc1ccc(Nc2ccc(N(C)C)cc2C(=O)c2ccccc2C(=O)O)cc1. The summed E-state index contributed by atoms with van der Waals surface area (Å²) in [5, 5.41) is 12.7. The molecule has 0 saturated heterocycles. The van der Waals surface area contributed by atoms with Crippen LogP contribution < -0.4 is 10.2 Å². The number of aryl methyl sites for hydroxylation is 1. The third kappa shape index (κ3) is 4.04. The first-order valence-corrected chi connectivity index (χ1v) is 8.89. The van der Waals surface area contributed by atoms with Gasteiger partial charge in [-0.3, -0.25) is 4.79 Å². The molecule has 0 heterocycles. The van der Waals surface area contributed by atoms with Gasteiger partial charge in [0.15, 0.2) is 5.78 Å². The van der Waals surface area contributed by atoms with Crippen LogP contribution in [0.3, 0.4) is 0 Å². The van der Waals surface area contributed by atoms with Gasteiger partial charge in [-0.15, -0.1) is 0 Å². The fraction of sp³-hybridized carbons (Fsp3) is 0.130. The zero-order valence-electron chi connectivity index (χ0n) is 16.1. The zero-order valence-corrected chi connectivity index (χ0v) is 16.1. The Hall–Kier alpha value is -3.60. The zero-order chi connectivity index (χ0) is 20.3. The Bertz CT molecular complexity index is 1020. The standard InChI is InChI=1S/C23H22N2O3/c1-15-8-10-16(11-9-15)24-21-13-12-17(25(2)3)14-20(21)22(26)18-6-4-5-7-19(18)23(27)28/h4-14,24H,1-3H3,(H,27,28). The summed E-state index contributed by atoms with van der Waals surface area (Å²) in [4.78, 5) is 26.8. The van der Waals surface area contributed by atoms with Crippen molar-refractivity contribution in [1.29, 1.82) is 0 Å². The second kappa shape index (κ2) is 7.96. The maximum Gasteiger partial charge on any atom is 0.336 e. The predicted octanol–water partition coefficient (Wildman–Crippen LogP) is 4.73. The Balaban J connectivity index is 2.09. The van der Waals surface area contributed by atoms with Gasteiger partial charge in [0.05, 0.1) is 5.56 Å². The number of hydrogen-bond donors (Lipinski definition) is 2. The summed E-state index contributed by atoms with van der Waals surface area (Å²) in [7, 11) is 3.78. The number of rotatable bonds is 6. The Morgan fingerprint density at radius 1 is 0.857 bits per heavy atom. The number of hydrogen-bond acceptors (Lipinski definition) is 4. The maximum absolute atomic E-state index is 13.3. The Labute approximate surface area is 164 Å². The molecule has 142 valence electrons. The lowest BCUT2D eigenvalue weighted by Gasteiger charge is -2.18. The highest BCUT2D eigenvalue weighted by Gasteiger charge is 2.21. The van der Waals surface area contributed by atoms with E-state index in [4.69, 9.17) is 0 Å². The first-order valence-electron chi connectivity index (χ1n) is 8.89. The molecule has 0 aliphatic carbocycles. The van der Waals surface area contributed by atoms with Gasteiger partial charge in [-0.25, -0.2) is 4.79 Å². The van der Waals surface area contributed by atoms with Gasteiger partial charge in [0, 0.05) is 42.3 Å². The molecule has 0 saturated carbocycles. The van der Waals surface area contributed by atoms with Gasteiger partial charge >= 0.3 is 5.97 Å². The van der Waals surface area contributed by atoms with E-state index in [-0.39, 0.29) is 16.9 Å². The highest BCUT2D eigenvalue weighted by Crippen LogP contribution is 2.28. The number of ketones is 1. The van der Waals surface area contributed by atoms with Crippen LogP contribution in [0.1, 0.15) is 31.8 Å². The van der Waals surface area contributed by atoms with E-state index in [1.165, 1.54) is 6.07 Å².